The number of aromatic nitrogens is 2. The molecular formula is C10H15N3O3S. The number of hydrogen-bond donors (Lipinski definition) is 1. The van der Waals surface area contributed by atoms with E-state index in [1.807, 2.05) is 13.0 Å². The van der Waals surface area contributed by atoms with E-state index < -0.39 is 14.8 Å². The van der Waals surface area contributed by atoms with Crippen molar-refractivity contribution in [2.75, 3.05) is 6.26 Å². The third kappa shape index (κ3) is 2.84. The summed E-state index contributed by atoms with van der Waals surface area (Å²) in [6.45, 7) is 3.57. The molecule has 1 heterocycles. The first kappa shape index (κ1) is 13.7. The van der Waals surface area contributed by atoms with Crippen molar-refractivity contribution in [2.45, 2.75) is 31.7 Å². The standard InChI is InChI=1S/C10H15N3O3S/c1-4-13-9(5-8(7-11)12-13)6-10(2,14)17(3,15)16/h5,14H,4,6H2,1-3H3. The number of aryl methyl sites for hydroxylation is 1. The number of nitrogens with zero attached hydrogens (tertiary/aromatic N) is 3. The molecule has 1 aromatic heterocycles. The van der Waals surface area contributed by atoms with Crippen LogP contribution in [0.25, 0.3) is 0 Å². The van der Waals surface area contributed by atoms with Crippen molar-refractivity contribution in [1.82, 2.24) is 9.78 Å². The summed E-state index contributed by atoms with van der Waals surface area (Å²) in [6, 6.07) is 3.37. The molecule has 0 spiro atoms. The number of nitriles is 1. The Kier molecular flexibility index (Phi) is 3.59. The minimum Gasteiger partial charge on any atom is -0.374 e. The SMILES string of the molecule is CCn1nc(C#N)cc1CC(C)(O)S(C)(=O)=O. The van der Waals surface area contributed by atoms with Crippen molar-refractivity contribution < 1.29 is 13.5 Å². The molecule has 0 aliphatic carbocycles. The van der Waals surface area contributed by atoms with Gasteiger partial charge in [0, 0.05) is 24.9 Å². The maximum atomic E-state index is 11.4. The topological polar surface area (TPSA) is 96.0 Å². The van der Waals surface area contributed by atoms with Crippen LogP contribution in [0.3, 0.4) is 0 Å². The van der Waals surface area contributed by atoms with Crippen LogP contribution in [0, 0.1) is 11.3 Å². The highest BCUT2D eigenvalue weighted by Gasteiger charge is 2.34. The average Bonchev–Trinajstić information content (AvgIpc) is 2.58. The van der Waals surface area contributed by atoms with Crippen LogP contribution in [0.15, 0.2) is 6.07 Å². The molecule has 0 saturated heterocycles. The molecule has 0 bridgehead atoms. The van der Waals surface area contributed by atoms with E-state index in [2.05, 4.69) is 5.10 Å². The Balaban J connectivity index is 3.12. The minimum absolute atomic E-state index is 0.0889. The van der Waals surface area contributed by atoms with Gasteiger partial charge in [-0.25, -0.2) is 8.42 Å². The number of aliphatic hydroxyl groups is 1. The summed E-state index contributed by atoms with van der Waals surface area (Å²) >= 11 is 0. The molecule has 0 aliphatic heterocycles. The maximum absolute atomic E-state index is 11.4. The van der Waals surface area contributed by atoms with Gasteiger partial charge >= 0.3 is 0 Å². The highest BCUT2D eigenvalue weighted by molar-refractivity contribution is 7.91. The Hall–Kier alpha value is -1.39. The third-order valence-corrected chi connectivity index (χ3v) is 4.33. The van der Waals surface area contributed by atoms with Gasteiger partial charge in [-0.1, -0.05) is 0 Å². The first-order valence-corrected chi connectivity index (χ1v) is 6.99. The molecule has 0 fully saturated rings. The van der Waals surface area contributed by atoms with E-state index in [4.69, 9.17) is 5.26 Å². The van der Waals surface area contributed by atoms with Crippen LogP contribution in [0.4, 0.5) is 0 Å². The summed E-state index contributed by atoms with van der Waals surface area (Å²) in [7, 11) is -3.59. The Morgan fingerprint density at radius 1 is 1.65 bits per heavy atom. The molecule has 1 N–H and O–H groups in total. The Bertz CT molecular complexity index is 552. The third-order valence-electron chi connectivity index (χ3n) is 2.59. The summed E-state index contributed by atoms with van der Waals surface area (Å²) in [4.78, 5) is -1.85. The fourth-order valence-corrected chi connectivity index (χ4v) is 1.80. The van der Waals surface area contributed by atoms with E-state index in [0.717, 1.165) is 6.26 Å². The predicted octanol–water partition coefficient (Wildman–Crippen LogP) is 0.0703. The van der Waals surface area contributed by atoms with Gasteiger partial charge < -0.3 is 5.11 Å². The zero-order valence-corrected chi connectivity index (χ0v) is 10.8. The lowest BCUT2D eigenvalue weighted by Gasteiger charge is -2.21. The molecule has 6 nitrogen and oxygen atoms in total. The number of hydrogen-bond acceptors (Lipinski definition) is 5. The second-order valence-electron chi connectivity index (χ2n) is 4.07. The largest absolute Gasteiger partial charge is 0.374 e. The van der Waals surface area contributed by atoms with E-state index in [1.54, 1.807) is 0 Å². The fraction of sp³-hybridized carbons (Fsp3) is 0.600. The second-order valence-corrected chi connectivity index (χ2v) is 6.50. The molecule has 0 aliphatic rings. The maximum Gasteiger partial charge on any atom is 0.176 e. The smallest absolute Gasteiger partial charge is 0.176 e. The second kappa shape index (κ2) is 4.47. The number of sulfone groups is 1. The van der Waals surface area contributed by atoms with E-state index in [-0.39, 0.29) is 12.1 Å². The monoisotopic (exact) mass is 257 g/mol. The van der Waals surface area contributed by atoms with Gasteiger partial charge in [0.2, 0.25) is 0 Å². The zero-order chi connectivity index (χ0) is 13.3. The summed E-state index contributed by atoms with van der Waals surface area (Å²) in [6.07, 6.45) is 0.888. The van der Waals surface area contributed by atoms with Crippen molar-refractivity contribution in [3.05, 3.63) is 17.5 Å². The van der Waals surface area contributed by atoms with E-state index in [1.165, 1.54) is 17.7 Å². The number of rotatable bonds is 4. The van der Waals surface area contributed by atoms with Crippen LogP contribution in [0.5, 0.6) is 0 Å². The van der Waals surface area contributed by atoms with Crippen LogP contribution < -0.4 is 0 Å². The Morgan fingerprint density at radius 2 is 2.24 bits per heavy atom. The van der Waals surface area contributed by atoms with Gasteiger partial charge in [0.05, 0.1) is 0 Å². The van der Waals surface area contributed by atoms with Crippen LogP contribution >= 0.6 is 0 Å². The molecule has 0 amide bonds. The normalized spacial score (nSPS) is 15.2. The fourth-order valence-electron chi connectivity index (χ4n) is 1.39. The van der Waals surface area contributed by atoms with Crippen molar-refractivity contribution in [3.63, 3.8) is 0 Å². The first-order chi connectivity index (χ1) is 7.71. The van der Waals surface area contributed by atoms with Gasteiger partial charge in [0.1, 0.15) is 6.07 Å². The van der Waals surface area contributed by atoms with Gasteiger partial charge in [0.15, 0.2) is 20.5 Å². The molecule has 0 radical (unpaired) electrons. The highest BCUT2D eigenvalue weighted by atomic mass is 32.2. The van der Waals surface area contributed by atoms with Crippen molar-refractivity contribution >= 4 is 9.84 Å². The zero-order valence-electron chi connectivity index (χ0n) is 10.0. The Labute approximate surface area is 100 Å². The summed E-state index contributed by atoms with van der Waals surface area (Å²) < 4.78 is 24.3. The molecular weight excluding hydrogens is 242 g/mol. The predicted molar refractivity (Wildman–Crippen MR) is 61.8 cm³/mol. The van der Waals surface area contributed by atoms with Gasteiger partial charge in [-0.15, -0.1) is 0 Å². The molecule has 1 rings (SSSR count). The van der Waals surface area contributed by atoms with Crippen LogP contribution in [0.2, 0.25) is 0 Å². The molecule has 0 saturated carbocycles. The molecule has 1 unspecified atom stereocenters. The lowest BCUT2D eigenvalue weighted by Crippen LogP contribution is -2.37. The van der Waals surface area contributed by atoms with E-state index in [0.29, 0.717) is 12.2 Å². The molecule has 0 aromatic carbocycles. The molecule has 1 atom stereocenters. The van der Waals surface area contributed by atoms with Gasteiger partial charge in [-0.05, 0) is 19.9 Å². The average molecular weight is 257 g/mol. The van der Waals surface area contributed by atoms with Crippen molar-refractivity contribution in [2.24, 2.45) is 0 Å². The molecule has 94 valence electrons. The lowest BCUT2D eigenvalue weighted by atomic mass is 10.2. The van der Waals surface area contributed by atoms with Crippen molar-refractivity contribution in [1.29, 1.82) is 5.26 Å². The minimum atomic E-state index is -3.59. The van der Waals surface area contributed by atoms with Gasteiger partial charge in [-0.3, -0.25) is 4.68 Å². The van der Waals surface area contributed by atoms with E-state index in [9.17, 15) is 13.5 Å². The lowest BCUT2D eigenvalue weighted by molar-refractivity contribution is 0.143. The molecule has 17 heavy (non-hydrogen) atoms. The first-order valence-electron chi connectivity index (χ1n) is 5.10. The van der Waals surface area contributed by atoms with Gasteiger partial charge in [0.25, 0.3) is 0 Å². The van der Waals surface area contributed by atoms with Crippen LogP contribution in [0.1, 0.15) is 25.2 Å². The molecule has 7 heteroatoms. The summed E-state index contributed by atoms with van der Waals surface area (Å²) in [5.74, 6) is 0. The van der Waals surface area contributed by atoms with Crippen molar-refractivity contribution in [3.8, 4) is 6.07 Å². The van der Waals surface area contributed by atoms with Gasteiger partial charge in [-0.2, -0.15) is 10.4 Å². The highest BCUT2D eigenvalue weighted by Crippen LogP contribution is 2.19. The molecule has 1 aromatic rings. The summed E-state index contributed by atoms with van der Waals surface area (Å²) in [5, 5.41) is 22.6. The summed E-state index contributed by atoms with van der Waals surface area (Å²) in [5.41, 5.74) is 0.741. The van der Waals surface area contributed by atoms with Crippen LogP contribution in [-0.4, -0.2) is 34.5 Å². The quantitative estimate of drug-likeness (QED) is 0.823. The van der Waals surface area contributed by atoms with Crippen LogP contribution in [-0.2, 0) is 22.8 Å². The van der Waals surface area contributed by atoms with E-state index >= 15 is 0 Å². The Morgan fingerprint density at radius 3 is 2.65 bits per heavy atom.